The van der Waals surface area contributed by atoms with Crippen LogP contribution in [0.4, 0.5) is 0 Å². The minimum atomic E-state index is 0.437. The average Bonchev–Trinajstić information content (AvgIpc) is 1.82. The summed E-state index contributed by atoms with van der Waals surface area (Å²) in [7, 11) is 0. The Morgan fingerprint density at radius 1 is 1.60 bits per heavy atom. The Morgan fingerprint density at radius 3 is 2.70 bits per heavy atom. The number of rotatable bonds is 0. The van der Waals surface area contributed by atoms with Crippen molar-refractivity contribution in [2.45, 2.75) is 13.8 Å². The lowest BCUT2D eigenvalue weighted by molar-refractivity contribution is -0.675. The van der Waals surface area contributed by atoms with Crippen molar-refractivity contribution in [3.8, 4) is 0 Å². The van der Waals surface area contributed by atoms with Gasteiger partial charge in [-0.25, -0.2) is 0 Å². The molecule has 0 spiro atoms. The third kappa shape index (κ3) is 1.19. The molecular weight excluding hydrogens is 152 g/mol. The predicted octanol–water partition coefficient (Wildman–Crippen LogP) is 0.985. The lowest BCUT2D eigenvalue weighted by Gasteiger charge is -1.98. The van der Waals surface area contributed by atoms with E-state index in [1.54, 1.807) is 19.9 Å². The summed E-state index contributed by atoms with van der Waals surface area (Å²) in [6.45, 7) is 3.35. The molecule has 0 N–H and O–H groups in total. The van der Waals surface area contributed by atoms with Crippen molar-refractivity contribution < 1.29 is 4.85 Å². The van der Waals surface area contributed by atoms with E-state index in [1.165, 1.54) is 0 Å². The van der Waals surface area contributed by atoms with Gasteiger partial charge in [-0.1, -0.05) is 16.4 Å². The first-order valence-corrected chi connectivity index (χ1v) is 3.22. The zero-order chi connectivity index (χ0) is 7.72. The Balaban J connectivity index is 3.31. The fraction of sp³-hybridized carbons (Fsp3) is 0.333. The summed E-state index contributed by atoms with van der Waals surface area (Å²) in [5, 5.41) is 14.9. The molecule has 0 aliphatic rings. The van der Waals surface area contributed by atoms with E-state index in [1.807, 2.05) is 0 Å². The van der Waals surface area contributed by atoms with E-state index in [0.717, 1.165) is 0 Å². The Morgan fingerprint density at radius 2 is 2.20 bits per heavy atom. The van der Waals surface area contributed by atoms with Crippen LogP contribution in [0.1, 0.15) is 11.4 Å². The van der Waals surface area contributed by atoms with Crippen LogP contribution in [0.25, 0.3) is 0 Å². The van der Waals surface area contributed by atoms with Crippen LogP contribution < -0.4 is 4.85 Å². The summed E-state index contributed by atoms with van der Waals surface area (Å²) in [5.74, 6) is 0. The fourth-order valence-corrected chi connectivity index (χ4v) is 0.857. The SMILES string of the molecule is Cc1cc(Cl)c(C)[n+]([O-])n1. The van der Waals surface area contributed by atoms with Crippen molar-refractivity contribution in [2.75, 3.05) is 0 Å². The molecule has 0 saturated heterocycles. The van der Waals surface area contributed by atoms with Gasteiger partial charge in [-0.3, -0.25) is 0 Å². The topological polar surface area (TPSA) is 39.8 Å². The molecule has 0 aliphatic carbocycles. The van der Waals surface area contributed by atoms with Crippen LogP contribution in [-0.2, 0) is 0 Å². The maximum Gasteiger partial charge on any atom is 0.237 e. The molecule has 0 atom stereocenters. The molecule has 0 aromatic carbocycles. The van der Waals surface area contributed by atoms with Crippen molar-refractivity contribution >= 4 is 11.6 Å². The Labute approximate surface area is 63.8 Å². The highest BCUT2D eigenvalue weighted by Crippen LogP contribution is 2.09. The highest BCUT2D eigenvalue weighted by atomic mass is 35.5. The second-order valence-electron chi connectivity index (χ2n) is 2.09. The summed E-state index contributed by atoms with van der Waals surface area (Å²) in [5.41, 5.74) is 1.07. The number of aromatic nitrogens is 2. The van der Waals surface area contributed by atoms with Gasteiger partial charge in [-0.15, -0.1) is 0 Å². The monoisotopic (exact) mass is 158 g/mol. The lowest BCUT2D eigenvalue weighted by Crippen LogP contribution is -2.35. The molecule has 1 aromatic rings. The van der Waals surface area contributed by atoms with Gasteiger partial charge >= 0.3 is 0 Å². The van der Waals surface area contributed by atoms with Crippen LogP contribution in [-0.4, -0.2) is 5.10 Å². The van der Waals surface area contributed by atoms with E-state index in [9.17, 15) is 5.21 Å². The van der Waals surface area contributed by atoms with Gasteiger partial charge in [0.2, 0.25) is 5.69 Å². The van der Waals surface area contributed by atoms with E-state index in [4.69, 9.17) is 11.6 Å². The first kappa shape index (κ1) is 7.28. The minimum Gasteiger partial charge on any atom is -0.594 e. The molecule has 0 unspecified atom stereocenters. The van der Waals surface area contributed by atoms with Crippen LogP contribution in [0.2, 0.25) is 5.02 Å². The number of halogens is 1. The molecule has 4 heteroatoms. The molecule has 0 saturated carbocycles. The Kier molecular flexibility index (Phi) is 1.76. The number of nitrogens with zero attached hydrogens (tertiary/aromatic N) is 2. The van der Waals surface area contributed by atoms with E-state index < -0.39 is 0 Å². The van der Waals surface area contributed by atoms with Crippen LogP contribution >= 0.6 is 11.6 Å². The molecular formula is C6H7ClN2O. The zero-order valence-electron chi connectivity index (χ0n) is 5.76. The molecule has 54 valence electrons. The number of hydrogen-bond donors (Lipinski definition) is 0. The number of hydrogen-bond acceptors (Lipinski definition) is 2. The maximum absolute atomic E-state index is 10.8. The van der Waals surface area contributed by atoms with Gasteiger partial charge in [0.25, 0.3) is 0 Å². The highest BCUT2D eigenvalue weighted by Gasteiger charge is 2.06. The van der Waals surface area contributed by atoms with Gasteiger partial charge in [-0.2, -0.15) is 0 Å². The summed E-state index contributed by atoms with van der Waals surface area (Å²) in [6.07, 6.45) is 0. The van der Waals surface area contributed by atoms with Gasteiger partial charge in [0.1, 0.15) is 10.7 Å². The van der Waals surface area contributed by atoms with Crippen molar-refractivity contribution in [3.05, 3.63) is 27.7 Å². The van der Waals surface area contributed by atoms with Gasteiger partial charge in [0, 0.05) is 12.0 Å². The first-order chi connectivity index (χ1) is 4.61. The first-order valence-electron chi connectivity index (χ1n) is 2.85. The lowest BCUT2D eigenvalue weighted by atomic mass is 10.4. The van der Waals surface area contributed by atoms with Crippen LogP contribution in [0, 0.1) is 19.1 Å². The Bertz CT molecular complexity index is 239. The molecule has 0 bridgehead atoms. The van der Waals surface area contributed by atoms with Crippen LogP contribution in [0.3, 0.4) is 0 Å². The third-order valence-electron chi connectivity index (χ3n) is 1.22. The molecule has 0 amide bonds. The van der Waals surface area contributed by atoms with Gasteiger partial charge in [0.05, 0.1) is 0 Å². The van der Waals surface area contributed by atoms with E-state index in [2.05, 4.69) is 5.10 Å². The van der Waals surface area contributed by atoms with E-state index >= 15 is 0 Å². The molecule has 1 aromatic heterocycles. The van der Waals surface area contributed by atoms with Gasteiger partial charge < -0.3 is 5.21 Å². The molecule has 1 heterocycles. The summed E-state index contributed by atoms with van der Waals surface area (Å²) in [6, 6.07) is 1.66. The average molecular weight is 159 g/mol. The predicted molar refractivity (Wildman–Crippen MR) is 37.7 cm³/mol. The summed E-state index contributed by atoms with van der Waals surface area (Å²) < 4.78 is 0. The molecule has 10 heavy (non-hydrogen) atoms. The molecule has 0 radical (unpaired) electrons. The third-order valence-corrected chi connectivity index (χ3v) is 1.60. The normalized spacial score (nSPS) is 9.90. The zero-order valence-corrected chi connectivity index (χ0v) is 6.51. The summed E-state index contributed by atoms with van der Waals surface area (Å²) >= 11 is 5.66. The Hall–Kier alpha value is -0.830. The highest BCUT2D eigenvalue weighted by molar-refractivity contribution is 6.31. The second kappa shape index (κ2) is 2.42. The standard InChI is InChI=1S/C6H7ClN2O/c1-4-3-6(7)5(2)9(10)8-4/h3H,1-2H3. The molecule has 3 nitrogen and oxygen atoms in total. The minimum absolute atomic E-state index is 0.437. The quantitative estimate of drug-likeness (QED) is 0.417. The maximum atomic E-state index is 10.8. The summed E-state index contributed by atoms with van der Waals surface area (Å²) in [4.78, 5) is 0.525. The molecule has 0 aliphatic heterocycles. The van der Waals surface area contributed by atoms with Crippen molar-refractivity contribution in [1.29, 1.82) is 0 Å². The smallest absolute Gasteiger partial charge is 0.237 e. The number of aryl methyl sites for hydroxylation is 1. The van der Waals surface area contributed by atoms with Crippen LogP contribution in [0.5, 0.6) is 0 Å². The van der Waals surface area contributed by atoms with Crippen molar-refractivity contribution in [1.82, 2.24) is 5.10 Å². The second-order valence-corrected chi connectivity index (χ2v) is 2.50. The molecule has 0 fully saturated rings. The van der Waals surface area contributed by atoms with Crippen molar-refractivity contribution in [2.24, 2.45) is 0 Å². The fourth-order valence-electron chi connectivity index (χ4n) is 0.626. The van der Waals surface area contributed by atoms with Gasteiger partial charge in [-0.05, 0) is 13.0 Å². The van der Waals surface area contributed by atoms with E-state index in [0.29, 0.717) is 21.3 Å². The van der Waals surface area contributed by atoms with Crippen LogP contribution in [0.15, 0.2) is 6.07 Å². The molecule has 1 rings (SSSR count). The van der Waals surface area contributed by atoms with Gasteiger partial charge in [0.15, 0.2) is 0 Å². The van der Waals surface area contributed by atoms with Crippen molar-refractivity contribution in [3.63, 3.8) is 0 Å². The van der Waals surface area contributed by atoms with E-state index in [-0.39, 0.29) is 0 Å². The largest absolute Gasteiger partial charge is 0.594 e.